The molecule has 0 radical (unpaired) electrons. The lowest BCUT2D eigenvalue weighted by molar-refractivity contribution is 0.0963. The summed E-state index contributed by atoms with van der Waals surface area (Å²) in [7, 11) is 1.60. The van der Waals surface area contributed by atoms with Crippen molar-refractivity contribution in [2.24, 2.45) is 0 Å². The zero-order chi connectivity index (χ0) is 20.5. The molecule has 1 aliphatic rings. The van der Waals surface area contributed by atoms with Gasteiger partial charge in [-0.15, -0.1) is 15.3 Å². The van der Waals surface area contributed by atoms with E-state index in [0.29, 0.717) is 29.3 Å². The molecule has 30 heavy (non-hydrogen) atoms. The van der Waals surface area contributed by atoms with E-state index in [1.165, 1.54) is 0 Å². The molecule has 9 heteroatoms. The van der Waals surface area contributed by atoms with Gasteiger partial charge in [0.15, 0.2) is 28.8 Å². The number of rotatable bonds is 5. The van der Waals surface area contributed by atoms with Crippen LogP contribution in [0.3, 0.4) is 0 Å². The minimum atomic E-state index is -0.146. The topological polar surface area (TPSA) is 103 Å². The summed E-state index contributed by atoms with van der Waals surface area (Å²) in [5.41, 5.74) is 2.99. The summed E-state index contributed by atoms with van der Waals surface area (Å²) < 4.78 is 12.5. The van der Waals surface area contributed by atoms with Gasteiger partial charge in [0.25, 0.3) is 5.91 Å². The maximum absolute atomic E-state index is 11.9. The number of nitrogens with one attached hydrogen (secondary N) is 2. The van der Waals surface area contributed by atoms with Crippen LogP contribution in [0.1, 0.15) is 21.7 Å². The number of benzene rings is 2. The van der Waals surface area contributed by atoms with E-state index in [9.17, 15) is 4.79 Å². The molecule has 0 fully saturated rings. The van der Waals surface area contributed by atoms with E-state index in [2.05, 4.69) is 25.9 Å². The van der Waals surface area contributed by atoms with E-state index in [1.807, 2.05) is 42.5 Å². The summed E-state index contributed by atoms with van der Waals surface area (Å²) in [4.78, 5) is 11.9. The first-order valence-corrected chi connectivity index (χ1v) is 9.38. The highest BCUT2D eigenvalue weighted by molar-refractivity contribution is 5.95. The van der Waals surface area contributed by atoms with Gasteiger partial charge in [0.2, 0.25) is 6.79 Å². The second-order valence-electron chi connectivity index (χ2n) is 6.75. The molecule has 0 saturated heterocycles. The Balaban J connectivity index is 1.41. The van der Waals surface area contributed by atoms with Crippen LogP contribution < -0.4 is 20.1 Å². The fourth-order valence-electron chi connectivity index (χ4n) is 3.27. The fraction of sp³-hybridized carbons (Fsp3) is 0.143. The third-order valence-corrected chi connectivity index (χ3v) is 4.75. The minimum Gasteiger partial charge on any atom is -0.454 e. The van der Waals surface area contributed by atoms with Crippen molar-refractivity contribution in [1.29, 1.82) is 0 Å². The zero-order valence-corrected chi connectivity index (χ0v) is 16.1. The summed E-state index contributed by atoms with van der Waals surface area (Å²) in [6.07, 6.45) is 0.542. The number of amides is 1. The Kier molecular flexibility index (Phi) is 4.40. The smallest absolute Gasteiger partial charge is 0.251 e. The van der Waals surface area contributed by atoms with E-state index >= 15 is 0 Å². The minimum absolute atomic E-state index is 0.146. The third-order valence-electron chi connectivity index (χ3n) is 4.75. The maximum atomic E-state index is 11.9. The number of hydrogen-bond acceptors (Lipinski definition) is 7. The standard InChI is InChI=1S/C21H18N6O3/c1-22-21(28)14-3-2-4-15(11-14)23-18-7-8-19-24-25-20(27(19)26-18)10-13-5-6-16-17(9-13)30-12-29-16/h2-9,11H,10,12H2,1H3,(H,22,28)(H,23,26). The first-order valence-electron chi connectivity index (χ1n) is 9.38. The SMILES string of the molecule is CNC(=O)c1cccc(Nc2ccc3nnc(Cc4ccc5c(c4)OCO5)n3n2)c1. The van der Waals surface area contributed by atoms with E-state index in [4.69, 9.17) is 9.47 Å². The Morgan fingerprint density at radius 2 is 1.97 bits per heavy atom. The van der Waals surface area contributed by atoms with Crippen LogP contribution in [-0.4, -0.2) is 39.6 Å². The molecule has 9 nitrogen and oxygen atoms in total. The number of aromatic nitrogens is 4. The Hall–Kier alpha value is -4.14. The molecule has 0 spiro atoms. The largest absolute Gasteiger partial charge is 0.454 e. The number of carbonyl (C=O) groups is 1. The molecule has 5 rings (SSSR count). The Labute approximate surface area is 171 Å². The van der Waals surface area contributed by atoms with Crippen molar-refractivity contribution >= 4 is 23.1 Å². The highest BCUT2D eigenvalue weighted by atomic mass is 16.7. The van der Waals surface area contributed by atoms with Crippen LogP contribution in [0.25, 0.3) is 5.65 Å². The van der Waals surface area contributed by atoms with Gasteiger partial charge in [0, 0.05) is 24.7 Å². The van der Waals surface area contributed by atoms with Gasteiger partial charge in [0.1, 0.15) is 0 Å². The molecular formula is C21H18N6O3. The van der Waals surface area contributed by atoms with Crippen LogP contribution in [0.15, 0.2) is 54.6 Å². The molecule has 1 aliphatic heterocycles. The maximum Gasteiger partial charge on any atom is 0.251 e. The van der Waals surface area contributed by atoms with Crippen LogP contribution in [0.4, 0.5) is 11.5 Å². The lowest BCUT2D eigenvalue weighted by Gasteiger charge is -2.08. The number of fused-ring (bicyclic) bond motifs is 2. The highest BCUT2D eigenvalue weighted by Gasteiger charge is 2.15. The van der Waals surface area contributed by atoms with Crippen molar-refractivity contribution < 1.29 is 14.3 Å². The lowest BCUT2D eigenvalue weighted by Crippen LogP contribution is -2.17. The third kappa shape index (κ3) is 3.37. The summed E-state index contributed by atoms with van der Waals surface area (Å²) in [5, 5.41) is 18.9. The number of anilines is 2. The van der Waals surface area contributed by atoms with Crippen molar-refractivity contribution in [1.82, 2.24) is 25.1 Å². The van der Waals surface area contributed by atoms with E-state index < -0.39 is 0 Å². The zero-order valence-electron chi connectivity index (χ0n) is 16.1. The lowest BCUT2D eigenvalue weighted by atomic mass is 10.1. The van der Waals surface area contributed by atoms with Crippen molar-refractivity contribution in [2.45, 2.75) is 6.42 Å². The van der Waals surface area contributed by atoms with E-state index in [1.54, 1.807) is 23.7 Å². The van der Waals surface area contributed by atoms with Crippen LogP contribution in [-0.2, 0) is 6.42 Å². The van der Waals surface area contributed by atoms with Gasteiger partial charge < -0.3 is 20.1 Å². The predicted octanol–water partition coefficient (Wildman–Crippen LogP) is 2.55. The molecule has 0 bridgehead atoms. The molecule has 4 aromatic rings. The van der Waals surface area contributed by atoms with E-state index in [-0.39, 0.29) is 12.7 Å². The van der Waals surface area contributed by atoms with Gasteiger partial charge in [-0.2, -0.15) is 4.52 Å². The number of hydrogen-bond donors (Lipinski definition) is 2. The van der Waals surface area contributed by atoms with Crippen LogP contribution in [0.5, 0.6) is 11.5 Å². The summed E-state index contributed by atoms with van der Waals surface area (Å²) >= 11 is 0. The van der Waals surface area contributed by atoms with Crippen LogP contribution in [0.2, 0.25) is 0 Å². The highest BCUT2D eigenvalue weighted by Crippen LogP contribution is 2.33. The molecule has 2 aromatic carbocycles. The molecule has 150 valence electrons. The Morgan fingerprint density at radius 3 is 2.87 bits per heavy atom. The molecule has 2 N–H and O–H groups in total. The number of carbonyl (C=O) groups excluding carboxylic acids is 1. The van der Waals surface area contributed by atoms with Gasteiger partial charge in [-0.1, -0.05) is 12.1 Å². The van der Waals surface area contributed by atoms with Crippen LogP contribution in [0, 0.1) is 0 Å². The van der Waals surface area contributed by atoms with Crippen molar-refractivity contribution in [3.63, 3.8) is 0 Å². The molecule has 0 aliphatic carbocycles. The monoisotopic (exact) mass is 402 g/mol. The second-order valence-corrected chi connectivity index (χ2v) is 6.75. The molecule has 3 heterocycles. The van der Waals surface area contributed by atoms with Gasteiger partial charge in [-0.25, -0.2) is 0 Å². The van der Waals surface area contributed by atoms with Crippen molar-refractivity contribution in [3.8, 4) is 11.5 Å². The fourth-order valence-corrected chi connectivity index (χ4v) is 3.27. The first kappa shape index (κ1) is 17.9. The molecule has 1 amide bonds. The van der Waals surface area contributed by atoms with Crippen LogP contribution >= 0.6 is 0 Å². The molecule has 0 unspecified atom stereocenters. The predicted molar refractivity (Wildman–Crippen MR) is 109 cm³/mol. The van der Waals surface area contributed by atoms with Gasteiger partial charge in [0.05, 0.1) is 0 Å². The average Bonchev–Trinajstić information content (AvgIpc) is 3.40. The van der Waals surface area contributed by atoms with Crippen molar-refractivity contribution in [3.05, 3.63) is 71.5 Å². The number of ether oxygens (including phenoxy) is 2. The Bertz CT molecular complexity index is 1250. The van der Waals surface area contributed by atoms with E-state index in [0.717, 1.165) is 22.7 Å². The molecular weight excluding hydrogens is 384 g/mol. The van der Waals surface area contributed by atoms with Gasteiger partial charge >= 0.3 is 0 Å². The normalized spacial score (nSPS) is 12.2. The molecule has 0 saturated carbocycles. The quantitative estimate of drug-likeness (QED) is 0.529. The number of nitrogens with zero attached hydrogens (tertiary/aromatic N) is 4. The van der Waals surface area contributed by atoms with Gasteiger partial charge in [-0.05, 0) is 48.0 Å². The molecule has 0 atom stereocenters. The Morgan fingerprint density at radius 1 is 1.07 bits per heavy atom. The molecule has 2 aromatic heterocycles. The van der Waals surface area contributed by atoms with Crippen molar-refractivity contribution in [2.75, 3.05) is 19.2 Å². The summed E-state index contributed by atoms with van der Waals surface area (Å²) in [6, 6.07) is 16.7. The average molecular weight is 402 g/mol. The summed E-state index contributed by atoms with van der Waals surface area (Å²) in [6.45, 7) is 0.240. The first-order chi connectivity index (χ1) is 14.7. The summed E-state index contributed by atoms with van der Waals surface area (Å²) in [5.74, 6) is 2.64. The van der Waals surface area contributed by atoms with Gasteiger partial charge in [-0.3, -0.25) is 4.79 Å². The second kappa shape index (κ2) is 7.36.